The predicted molar refractivity (Wildman–Crippen MR) is 100.0 cm³/mol. The molecule has 7 heteroatoms. The number of carbonyl (C=O) groups excluding carboxylic acids is 2. The summed E-state index contributed by atoms with van der Waals surface area (Å²) in [5.41, 5.74) is 1.08. The van der Waals surface area contributed by atoms with Crippen LogP contribution in [0.4, 0.5) is 4.39 Å². The second kappa shape index (κ2) is 7.19. The molecule has 0 radical (unpaired) electrons. The van der Waals surface area contributed by atoms with Crippen LogP contribution in [0, 0.1) is 5.82 Å². The normalized spacial score (nSPS) is 11.4. The molecule has 2 heterocycles. The van der Waals surface area contributed by atoms with Crippen LogP contribution in [0.5, 0.6) is 0 Å². The van der Waals surface area contributed by atoms with Gasteiger partial charge in [-0.05, 0) is 50.6 Å². The summed E-state index contributed by atoms with van der Waals surface area (Å²) in [7, 11) is 0. The Morgan fingerprint density at radius 3 is 2.44 bits per heavy atom. The van der Waals surface area contributed by atoms with E-state index in [1.807, 2.05) is 20.8 Å². The number of amides is 2. The van der Waals surface area contributed by atoms with Crippen LogP contribution in [0.25, 0.3) is 5.52 Å². The van der Waals surface area contributed by atoms with Gasteiger partial charge in [0.1, 0.15) is 5.82 Å². The van der Waals surface area contributed by atoms with E-state index in [2.05, 4.69) is 15.6 Å². The highest BCUT2D eigenvalue weighted by atomic mass is 19.1. The van der Waals surface area contributed by atoms with Crippen molar-refractivity contribution >= 4 is 17.3 Å². The first kappa shape index (κ1) is 18.6. The minimum absolute atomic E-state index is 0.117. The Morgan fingerprint density at radius 2 is 1.78 bits per heavy atom. The molecule has 140 valence electrons. The highest BCUT2D eigenvalue weighted by Gasteiger charge is 2.23. The lowest BCUT2D eigenvalue weighted by atomic mass is 10.1. The number of nitrogens with one attached hydrogen (secondary N) is 2. The maximum absolute atomic E-state index is 13.0. The van der Waals surface area contributed by atoms with Crippen LogP contribution in [-0.2, 0) is 6.54 Å². The third-order valence-corrected chi connectivity index (χ3v) is 3.82. The fraction of sp³-hybridized carbons (Fsp3) is 0.250. The molecule has 1 aromatic carbocycles. The van der Waals surface area contributed by atoms with E-state index >= 15 is 0 Å². The minimum atomic E-state index is -0.424. The van der Waals surface area contributed by atoms with Gasteiger partial charge in [-0.25, -0.2) is 9.37 Å². The number of rotatable bonds is 4. The number of hydrogen-bond acceptors (Lipinski definition) is 3. The highest BCUT2D eigenvalue weighted by Crippen LogP contribution is 2.15. The highest BCUT2D eigenvalue weighted by molar-refractivity contribution is 6.02. The topological polar surface area (TPSA) is 75.5 Å². The van der Waals surface area contributed by atoms with Crippen molar-refractivity contribution in [1.29, 1.82) is 0 Å². The molecule has 0 unspecified atom stereocenters. The standard InChI is InChI=1S/C20H21FN4O2/c1-20(2,3)24-18(26)16-15-6-4-5-11-25(15)17(23-16)19(27)22-12-13-7-9-14(21)10-8-13/h4-11H,12H2,1-3H3,(H,22,27)(H,24,26). The lowest BCUT2D eigenvalue weighted by molar-refractivity contribution is 0.0916. The van der Waals surface area contributed by atoms with E-state index in [0.717, 1.165) is 5.56 Å². The van der Waals surface area contributed by atoms with Gasteiger partial charge in [0.25, 0.3) is 11.8 Å². The number of imidazole rings is 1. The molecule has 0 saturated carbocycles. The van der Waals surface area contributed by atoms with Gasteiger partial charge < -0.3 is 10.6 Å². The zero-order valence-electron chi connectivity index (χ0n) is 15.4. The van der Waals surface area contributed by atoms with Gasteiger partial charge in [-0.2, -0.15) is 0 Å². The predicted octanol–water partition coefficient (Wildman–Crippen LogP) is 2.93. The van der Waals surface area contributed by atoms with Crippen LogP contribution in [0.15, 0.2) is 48.7 Å². The lowest BCUT2D eigenvalue weighted by Gasteiger charge is -2.19. The summed E-state index contributed by atoms with van der Waals surface area (Å²) in [6, 6.07) is 11.1. The number of fused-ring (bicyclic) bond motifs is 1. The van der Waals surface area contributed by atoms with Crippen LogP contribution in [0.3, 0.4) is 0 Å². The van der Waals surface area contributed by atoms with Crippen molar-refractivity contribution in [2.75, 3.05) is 0 Å². The average molecular weight is 368 g/mol. The molecule has 3 aromatic rings. The first-order valence-electron chi connectivity index (χ1n) is 8.57. The molecule has 2 aromatic heterocycles. The second-order valence-corrected chi connectivity index (χ2v) is 7.25. The number of carbonyl (C=O) groups is 2. The maximum atomic E-state index is 13.0. The van der Waals surface area contributed by atoms with Crippen LogP contribution >= 0.6 is 0 Å². The van der Waals surface area contributed by atoms with E-state index in [-0.39, 0.29) is 29.8 Å². The van der Waals surface area contributed by atoms with Crippen molar-refractivity contribution in [3.8, 4) is 0 Å². The molecule has 6 nitrogen and oxygen atoms in total. The first-order chi connectivity index (χ1) is 12.7. The summed E-state index contributed by atoms with van der Waals surface area (Å²) < 4.78 is 14.6. The van der Waals surface area contributed by atoms with E-state index in [0.29, 0.717) is 5.52 Å². The number of hydrogen-bond donors (Lipinski definition) is 2. The molecule has 2 amide bonds. The van der Waals surface area contributed by atoms with E-state index in [9.17, 15) is 14.0 Å². The number of pyridine rings is 1. The second-order valence-electron chi connectivity index (χ2n) is 7.25. The Labute approximate surface area is 156 Å². The minimum Gasteiger partial charge on any atom is -0.346 e. The number of aromatic nitrogens is 2. The van der Waals surface area contributed by atoms with E-state index in [1.54, 1.807) is 40.9 Å². The van der Waals surface area contributed by atoms with Gasteiger partial charge in [-0.3, -0.25) is 14.0 Å². The van der Waals surface area contributed by atoms with Gasteiger partial charge in [0.15, 0.2) is 5.69 Å². The molecule has 0 atom stereocenters. The van der Waals surface area contributed by atoms with Gasteiger partial charge in [-0.1, -0.05) is 18.2 Å². The maximum Gasteiger partial charge on any atom is 0.287 e. The Balaban J connectivity index is 1.86. The van der Waals surface area contributed by atoms with E-state index in [4.69, 9.17) is 0 Å². The molecule has 0 fully saturated rings. The van der Waals surface area contributed by atoms with E-state index in [1.165, 1.54) is 12.1 Å². The monoisotopic (exact) mass is 368 g/mol. The molecule has 0 spiro atoms. The largest absolute Gasteiger partial charge is 0.346 e. The summed E-state index contributed by atoms with van der Waals surface area (Å²) in [6.45, 7) is 5.85. The Bertz CT molecular complexity index is 987. The van der Waals surface area contributed by atoms with Crippen molar-refractivity contribution in [3.05, 3.63) is 71.6 Å². The lowest BCUT2D eigenvalue weighted by Crippen LogP contribution is -2.40. The van der Waals surface area contributed by atoms with Crippen molar-refractivity contribution in [1.82, 2.24) is 20.0 Å². The quantitative estimate of drug-likeness (QED) is 0.743. The molecular formula is C20H21FN4O2. The van der Waals surface area contributed by atoms with Crippen molar-refractivity contribution < 1.29 is 14.0 Å². The van der Waals surface area contributed by atoms with Gasteiger partial charge in [0.05, 0.1) is 5.52 Å². The Kier molecular flexibility index (Phi) is 4.94. The van der Waals surface area contributed by atoms with Crippen LogP contribution < -0.4 is 10.6 Å². The average Bonchev–Trinajstić information content (AvgIpc) is 2.99. The fourth-order valence-corrected chi connectivity index (χ4v) is 2.63. The van der Waals surface area contributed by atoms with Gasteiger partial charge in [0, 0.05) is 18.3 Å². The molecule has 0 bridgehead atoms. The smallest absolute Gasteiger partial charge is 0.287 e. The van der Waals surface area contributed by atoms with Crippen molar-refractivity contribution in [2.45, 2.75) is 32.9 Å². The summed E-state index contributed by atoms with van der Waals surface area (Å²) in [4.78, 5) is 29.5. The van der Waals surface area contributed by atoms with Crippen LogP contribution in [-0.4, -0.2) is 26.7 Å². The number of nitrogens with zero attached hydrogens (tertiary/aromatic N) is 2. The van der Waals surface area contributed by atoms with Crippen molar-refractivity contribution in [3.63, 3.8) is 0 Å². The summed E-state index contributed by atoms with van der Waals surface area (Å²) >= 11 is 0. The molecule has 27 heavy (non-hydrogen) atoms. The first-order valence-corrected chi connectivity index (χ1v) is 8.57. The summed E-state index contributed by atoms with van der Waals surface area (Å²) in [6.07, 6.45) is 1.68. The van der Waals surface area contributed by atoms with Crippen LogP contribution in [0.2, 0.25) is 0 Å². The molecule has 0 saturated heterocycles. The van der Waals surface area contributed by atoms with Crippen LogP contribution in [0.1, 0.15) is 47.4 Å². The summed E-state index contributed by atoms with van der Waals surface area (Å²) in [5, 5.41) is 5.61. The molecule has 3 rings (SSSR count). The van der Waals surface area contributed by atoms with E-state index < -0.39 is 11.4 Å². The summed E-state index contributed by atoms with van der Waals surface area (Å²) in [5.74, 6) is -0.982. The molecule has 2 N–H and O–H groups in total. The Hall–Kier alpha value is -3.22. The molecule has 0 aliphatic heterocycles. The van der Waals surface area contributed by atoms with Crippen molar-refractivity contribution in [2.24, 2.45) is 0 Å². The fourth-order valence-electron chi connectivity index (χ4n) is 2.63. The number of halogens is 1. The Morgan fingerprint density at radius 1 is 1.07 bits per heavy atom. The number of benzene rings is 1. The molecular weight excluding hydrogens is 347 g/mol. The van der Waals surface area contributed by atoms with Gasteiger partial charge in [-0.15, -0.1) is 0 Å². The zero-order valence-corrected chi connectivity index (χ0v) is 15.4. The SMILES string of the molecule is CC(C)(C)NC(=O)c1nc(C(=O)NCc2ccc(F)cc2)n2ccccc12. The molecule has 0 aliphatic carbocycles. The third-order valence-electron chi connectivity index (χ3n) is 3.82. The van der Waals surface area contributed by atoms with Gasteiger partial charge >= 0.3 is 0 Å². The third kappa shape index (κ3) is 4.31. The van der Waals surface area contributed by atoms with Gasteiger partial charge in [0.2, 0.25) is 5.82 Å². The molecule has 0 aliphatic rings. The zero-order chi connectivity index (χ0) is 19.6.